The maximum atomic E-state index is 12.4. The maximum Gasteiger partial charge on any atom is 0.253 e. The first-order valence-corrected chi connectivity index (χ1v) is 10.4. The topological polar surface area (TPSA) is 52.7 Å². The molecule has 0 aromatic heterocycles. The van der Waals surface area contributed by atoms with Gasteiger partial charge in [-0.2, -0.15) is 0 Å². The molecule has 1 N–H and O–H groups in total. The summed E-state index contributed by atoms with van der Waals surface area (Å²) in [6, 6.07) is 18.2. The van der Waals surface area contributed by atoms with E-state index in [1.807, 2.05) is 30.3 Å². The highest BCUT2D eigenvalue weighted by molar-refractivity contribution is 5.93. The summed E-state index contributed by atoms with van der Waals surface area (Å²) >= 11 is 0. The van der Waals surface area contributed by atoms with Crippen LogP contribution in [-0.4, -0.2) is 55.3 Å². The normalized spacial score (nSPS) is 15.1. The van der Waals surface area contributed by atoms with Crippen molar-refractivity contribution in [2.75, 3.05) is 33.7 Å². The summed E-state index contributed by atoms with van der Waals surface area (Å²) in [5.41, 5.74) is 2.99. The zero-order valence-corrected chi connectivity index (χ0v) is 17.4. The molecule has 0 bridgehead atoms. The maximum absolute atomic E-state index is 12.4. The van der Waals surface area contributed by atoms with Crippen molar-refractivity contribution in [2.24, 2.45) is 0 Å². The van der Waals surface area contributed by atoms with Gasteiger partial charge in [-0.1, -0.05) is 42.5 Å². The minimum atomic E-state index is -0.0110. The summed E-state index contributed by atoms with van der Waals surface area (Å²) < 4.78 is 0. The van der Waals surface area contributed by atoms with E-state index in [4.69, 9.17) is 0 Å². The number of amides is 2. The van der Waals surface area contributed by atoms with E-state index in [2.05, 4.69) is 34.5 Å². The predicted octanol–water partition coefficient (Wildman–Crippen LogP) is 3.27. The lowest BCUT2D eigenvalue weighted by Crippen LogP contribution is -2.36. The van der Waals surface area contributed by atoms with Crippen LogP contribution in [0.2, 0.25) is 0 Å². The minimum absolute atomic E-state index is 0.0110. The average molecular weight is 394 g/mol. The van der Waals surface area contributed by atoms with Crippen LogP contribution >= 0.6 is 0 Å². The van der Waals surface area contributed by atoms with E-state index in [0.29, 0.717) is 24.9 Å². The van der Waals surface area contributed by atoms with E-state index >= 15 is 0 Å². The number of carbonyl (C=O) groups excluding carboxylic acids is 2. The Morgan fingerprint density at radius 3 is 2.28 bits per heavy atom. The molecule has 0 aliphatic carbocycles. The van der Waals surface area contributed by atoms with Gasteiger partial charge in [0.15, 0.2) is 0 Å². The van der Waals surface area contributed by atoms with Gasteiger partial charge in [-0.3, -0.25) is 14.5 Å². The number of nitrogens with one attached hydrogen (secondary N) is 1. The molecule has 1 aliphatic rings. The second-order valence-electron chi connectivity index (χ2n) is 7.87. The van der Waals surface area contributed by atoms with Gasteiger partial charge < -0.3 is 10.2 Å². The Balaban J connectivity index is 1.51. The molecule has 1 unspecified atom stereocenters. The number of rotatable bonds is 8. The molecule has 0 radical (unpaired) electrons. The molecule has 1 saturated heterocycles. The van der Waals surface area contributed by atoms with Crippen molar-refractivity contribution in [2.45, 2.75) is 31.7 Å². The first kappa shape index (κ1) is 21.1. The quantitative estimate of drug-likeness (QED) is 0.749. The lowest BCUT2D eigenvalue weighted by molar-refractivity contribution is -0.121. The molecule has 0 saturated carbocycles. The number of carbonyl (C=O) groups is 2. The van der Waals surface area contributed by atoms with Crippen LogP contribution in [0.1, 0.15) is 46.8 Å². The fourth-order valence-corrected chi connectivity index (χ4v) is 3.82. The molecular formula is C24H31N3O2. The minimum Gasteiger partial charge on any atom is -0.354 e. The van der Waals surface area contributed by atoms with Crippen LogP contribution in [0.4, 0.5) is 0 Å². The van der Waals surface area contributed by atoms with Crippen LogP contribution in [0, 0.1) is 0 Å². The number of hydrogen-bond donors (Lipinski definition) is 1. The third-order valence-electron chi connectivity index (χ3n) is 5.51. The van der Waals surface area contributed by atoms with E-state index in [-0.39, 0.29) is 17.9 Å². The first-order valence-electron chi connectivity index (χ1n) is 10.4. The predicted molar refractivity (Wildman–Crippen MR) is 116 cm³/mol. The number of aryl methyl sites for hydroxylation is 1. The average Bonchev–Trinajstić information content (AvgIpc) is 3.27. The number of nitrogens with zero attached hydrogens (tertiary/aromatic N) is 2. The highest BCUT2D eigenvalue weighted by atomic mass is 16.2. The van der Waals surface area contributed by atoms with Crippen molar-refractivity contribution in [3.05, 3.63) is 71.3 Å². The third kappa shape index (κ3) is 5.91. The molecule has 154 valence electrons. The third-order valence-corrected chi connectivity index (χ3v) is 5.51. The molecule has 3 rings (SSSR count). The van der Waals surface area contributed by atoms with Crippen molar-refractivity contribution in [1.82, 2.24) is 15.1 Å². The van der Waals surface area contributed by atoms with Gasteiger partial charge in [0, 0.05) is 32.6 Å². The zero-order valence-electron chi connectivity index (χ0n) is 17.4. The van der Waals surface area contributed by atoms with Gasteiger partial charge in [-0.25, -0.2) is 0 Å². The molecule has 1 atom stereocenters. The molecule has 1 heterocycles. The lowest BCUT2D eigenvalue weighted by atomic mass is 10.0. The zero-order chi connectivity index (χ0) is 20.6. The summed E-state index contributed by atoms with van der Waals surface area (Å²) in [6.45, 7) is 2.82. The molecule has 2 aromatic rings. The standard InChI is InChI=1S/C24H31N3O2/c1-26(2)24(29)21-13-10-19(11-14-21)12-15-23(28)25-18-22(27-16-6-7-17-27)20-8-4-3-5-9-20/h3-5,8-11,13-14,22H,6-7,12,15-18H2,1-2H3,(H,25,28). The Morgan fingerprint density at radius 1 is 1.00 bits per heavy atom. The Morgan fingerprint density at radius 2 is 1.66 bits per heavy atom. The van der Waals surface area contributed by atoms with Crippen LogP contribution in [0.15, 0.2) is 54.6 Å². The fourth-order valence-electron chi connectivity index (χ4n) is 3.82. The van der Waals surface area contributed by atoms with E-state index in [1.54, 1.807) is 19.0 Å². The van der Waals surface area contributed by atoms with Crippen molar-refractivity contribution < 1.29 is 9.59 Å². The highest BCUT2D eigenvalue weighted by Gasteiger charge is 2.23. The first-order chi connectivity index (χ1) is 14.0. The SMILES string of the molecule is CN(C)C(=O)c1ccc(CCC(=O)NCC(c2ccccc2)N2CCCC2)cc1. The monoisotopic (exact) mass is 393 g/mol. The molecule has 2 amide bonds. The molecule has 2 aromatic carbocycles. The largest absolute Gasteiger partial charge is 0.354 e. The van der Waals surface area contributed by atoms with Gasteiger partial charge in [0.05, 0.1) is 6.04 Å². The molecule has 1 fully saturated rings. The van der Waals surface area contributed by atoms with Crippen molar-refractivity contribution in [1.29, 1.82) is 0 Å². The second-order valence-corrected chi connectivity index (χ2v) is 7.87. The lowest BCUT2D eigenvalue weighted by Gasteiger charge is -2.28. The highest BCUT2D eigenvalue weighted by Crippen LogP contribution is 2.24. The van der Waals surface area contributed by atoms with Crippen molar-refractivity contribution >= 4 is 11.8 Å². The number of benzene rings is 2. The van der Waals surface area contributed by atoms with E-state index < -0.39 is 0 Å². The van der Waals surface area contributed by atoms with Crippen molar-refractivity contribution in [3.63, 3.8) is 0 Å². The summed E-state index contributed by atoms with van der Waals surface area (Å²) in [5, 5.41) is 3.13. The molecule has 0 spiro atoms. The molecule has 29 heavy (non-hydrogen) atoms. The van der Waals surface area contributed by atoms with Gasteiger partial charge >= 0.3 is 0 Å². The van der Waals surface area contributed by atoms with Gasteiger partial charge in [0.2, 0.25) is 5.91 Å². The van der Waals surface area contributed by atoms with Gasteiger partial charge in [0.25, 0.3) is 5.91 Å². The summed E-state index contributed by atoms with van der Waals surface area (Å²) in [6.07, 6.45) is 3.57. The Hall–Kier alpha value is -2.66. The Bertz CT molecular complexity index is 797. The molecule has 1 aliphatic heterocycles. The van der Waals surface area contributed by atoms with Crippen LogP contribution in [0.3, 0.4) is 0 Å². The summed E-state index contributed by atoms with van der Waals surface area (Å²) in [4.78, 5) is 28.4. The van der Waals surface area contributed by atoms with Crippen LogP contribution in [-0.2, 0) is 11.2 Å². The molecular weight excluding hydrogens is 362 g/mol. The summed E-state index contributed by atoms with van der Waals surface area (Å²) in [7, 11) is 3.48. The van der Waals surface area contributed by atoms with Gasteiger partial charge in [0.1, 0.15) is 0 Å². The molecule has 5 nitrogen and oxygen atoms in total. The van der Waals surface area contributed by atoms with E-state index in [9.17, 15) is 9.59 Å². The Kier molecular flexibility index (Phi) is 7.42. The second kappa shape index (κ2) is 10.2. The van der Waals surface area contributed by atoms with Gasteiger partial charge in [-0.15, -0.1) is 0 Å². The molecule has 5 heteroatoms. The van der Waals surface area contributed by atoms with Crippen LogP contribution in [0.25, 0.3) is 0 Å². The van der Waals surface area contributed by atoms with Gasteiger partial charge in [-0.05, 0) is 55.6 Å². The smallest absolute Gasteiger partial charge is 0.253 e. The van der Waals surface area contributed by atoms with E-state index in [0.717, 1.165) is 18.7 Å². The van der Waals surface area contributed by atoms with E-state index in [1.165, 1.54) is 18.4 Å². The number of hydrogen-bond acceptors (Lipinski definition) is 3. The fraction of sp³-hybridized carbons (Fsp3) is 0.417. The summed E-state index contributed by atoms with van der Waals surface area (Å²) in [5.74, 6) is 0.0572. The number of likely N-dealkylation sites (tertiary alicyclic amines) is 1. The van der Waals surface area contributed by atoms with Crippen LogP contribution in [0.5, 0.6) is 0 Å². The van der Waals surface area contributed by atoms with Crippen molar-refractivity contribution in [3.8, 4) is 0 Å². The van der Waals surface area contributed by atoms with Crippen LogP contribution < -0.4 is 5.32 Å². The Labute approximate surface area is 173 Å².